The largest absolute Gasteiger partial charge is 0.416 e. The van der Waals surface area contributed by atoms with E-state index in [9.17, 15) is 26.4 Å². The highest BCUT2D eigenvalue weighted by Crippen LogP contribution is 2.32. The van der Waals surface area contributed by atoms with Gasteiger partial charge in [0, 0.05) is 11.6 Å². The van der Waals surface area contributed by atoms with E-state index in [4.69, 9.17) is 0 Å². The molecule has 0 aliphatic heterocycles. The van der Waals surface area contributed by atoms with Gasteiger partial charge in [0.15, 0.2) is 9.84 Å². The lowest BCUT2D eigenvalue weighted by atomic mass is 9.87. The first-order chi connectivity index (χ1) is 13.3. The number of carbonyl (C=O) groups is 1. The summed E-state index contributed by atoms with van der Waals surface area (Å²) in [5.41, 5.74) is -1.12. The minimum absolute atomic E-state index is 0.00298. The molecule has 5 nitrogen and oxygen atoms in total. The molecule has 1 saturated carbocycles. The van der Waals surface area contributed by atoms with Crippen LogP contribution in [-0.2, 0) is 20.8 Å². The zero-order valence-electron chi connectivity index (χ0n) is 17.0. The monoisotopic (exact) mass is 434 g/mol. The molecule has 164 valence electrons. The van der Waals surface area contributed by atoms with E-state index in [2.05, 4.69) is 10.6 Å². The Morgan fingerprint density at radius 1 is 1.10 bits per heavy atom. The molecule has 1 fully saturated rings. The summed E-state index contributed by atoms with van der Waals surface area (Å²) in [6.07, 6.45) is -2.05. The first-order valence-corrected chi connectivity index (χ1v) is 11.4. The van der Waals surface area contributed by atoms with Crippen LogP contribution < -0.4 is 10.6 Å². The Bertz CT molecular complexity index is 809. The number of carbonyl (C=O) groups excluding carboxylic acids is 1. The highest BCUT2D eigenvalue weighted by molar-refractivity contribution is 7.91. The lowest BCUT2D eigenvalue weighted by Gasteiger charge is -2.29. The third-order valence-electron chi connectivity index (χ3n) is 4.97. The van der Waals surface area contributed by atoms with Crippen LogP contribution in [0.15, 0.2) is 29.2 Å². The standard InChI is InChI=1S/C20H29F3N2O3S/c1-19(2,3)24-12-18(26)25-16-9-7-14(8-10-16)13-29(27,28)17-6-4-5-15(11-17)20(21,22)23/h4-6,11,14,16,24H,7-10,12-13H2,1-3H3,(H,25,26)/t14-,16-. The Morgan fingerprint density at radius 2 is 1.72 bits per heavy atom. The lowest BCUT2D eigenvalue weighted by molar-refractivity contribution is -0.137. The maximum atomic E-state index is 12.8. The van der Waals surface area contributed by atoms with Crippen LogP contribution in [0.5, 0.6) is 0 Å². The molecule has 2 N–H and O–H groups in total. The SMILES string of the molecule is CC(C)(C)NCC(=O)N[C@H]1CC[C@H](CS(=O)(=O)c2cccc(C(F)(F)F)c2)CC1. The Hall–Kier alpha value is -1.61. The molecule has 1 aliphatic rings. The fourth-order valence-corrected chi connectivity index (χ4v) is 5.11. The van der Waals surface area contributed by atoms with E-state index in [0.29, 0.717) is 31.7 Å². The highest BCUT2D eigenvalue weighted by atomic mass is 32.2. The molecule has 0 heterocycles. The van der Waals surface area contributed by atoms with Crippen molar-refractivity contribution in [2.75, 3.05) is 12.3 Å². The predicted octanol–water partition coefficient (Wildman–Crippen LogP) is 3.54. The molecule has 0 radical (unpaired) electrons. The van der Waals surface area contributed by atoms with Crippen LogP contribution in [-0.4, -0.2) is 38.2 Å². The zero-order chi connectivity index (χ0) is 21.9. The molecular weight excluding hydrogens is 405 g/mol. The molecule has 0 aromatic heterocycles. The van der Waals surface area contributed by atoms with E-state index < -0.39 is 21.6 Å². The van der Waals surface area contributed by atoms with Crippen molar-refractivity contribution in [3.8, 4) is 0 Å². The maximum absolute atomic E-state index is 12.8. The van der Waals surface area contributed by atoms with Gasteiger partial charge in [-0.2, -0.15) is 13.2 Å². The van der Waals surface area contributed by atoms with Crippen molar-refractivity contribution in [1.29, 1.82) is 0 Å². The van der Waals surface area contributed by atoms with E-state index in [1.807, 2.05) is 20.8 Å². The quantitative estimate of drug-likeness (QED) is 0.718. The summed E-state index contributed by atoms with van der Waals surface area (Å²) in [6.45, 7) is 6.12. The van der Waals surface area contributed by atoms with Gasteiger partial charge < -0.3 is 10.6 Å². The zero-order valence-corrected chi connectivity index (χ0v) is 17.8. The third kappa shape index (κ3) is 7.62. The number of alkyl halides is 3. The minimum atomic E-state index is -4.58. The van der Waals surface area contributed by atoms with Crippen LogP contribution >= 0.6 is 0 Å². The number of hydrogen-bond donors (Lipinski definition) is 2. The third-order valence-corrected chi connectivity index (χ3v) is 6.85. The molecule has 9 heteroatoms. The highest BCUT2D eigenvalue weighted by Gasteiger charge is 2.33. The number of nitrogens with one attached hydrogen (secondary N) is 2. The van der Waals surface area contributed by atoms with Crippen molar-refractivity contribution >= 4 is 15.7 Å². The Morgan fingerprint density at radius 3 is 2.28 bits per heavy atom. The van der Waals surface area contributed by atoms with Gasteiger partial charge in [-0.15, -0.1) is 0 Å². The molecule has 1 aromatic carbocycles. The number of amides is 1. The van der Waals surface area contributed by atoms with Gasteiger partial charge in [-0.3, -0.25) is 4.79 Å². The smallest absolute Gasteiger partial charge is 0.352 e. The van der Waals surface area contributed by atoms with Gasteiger partial charge in [0.05, 0.1) is 22.8 Å². The Kier molecular flexibility index (Phi) is 7.37. The Labute approximate surface area is 170 Å². The van der Waals surface area contributed by atoms with Crippen LogP contribution in [0.3, 0.4) is 0 Å². The summed E-state index contributed by atoms with van der Waals surface area (Å²) in [4.78, 5) is 11.7. The van der Waals surface area contributed by atoms with Gasteiger partial charge in [-0.05, 0) is 70.6 Å². The number of rotatable bonds is 6. The number of hydrogen-bond acceptors (Lipinski definition) is 4. The fraction of sp³-hybridized carbons (Fsp3) is 0.650. The second kappa shape index (κ2) is 9.04. The van der Waals surface area contributed by atoms with E-state index in [0.717, 1.165) is 12.1 Å². The summed E-state index contributed by atoms with van der Waals surface area (Å²) in [5, 5.41) is 6.07. The van der Waals surface area contributed by atoms with Gasteiger partial charge in [-0.25, -0.2) is 8.42 Å². The lowest BCUT2D eigenvalue weighted by Crippen LogP contribution is -2.46. The predicted molar refractivity (Wildman–Crippen MR) is 105 cm³/mol. The minimum Gasteiger partial charge on any atom is -0.352 e. The van der Waals surface area contributed by atoms with Gasteiger partial charge in [-0.1, -0.05) is 6.07 Å². The summed E-state index contributed by atoms with van der Waals surface area (Å²) in [6, 6.07) is 3.88. The van der Waals surface area contributed by atoms with Crippen molar-refractivity contribution in [1.82, 2.24) is 10.6 Å². The van der Waals surface area contributed by atoms with Crippen molar-refractivity contribution in [3.63, 3.8) is 0 Å². The van der Waals surface area contributed by atoms with Crippen LogP contribution in [0.4, 0.5) is 13.2 Å². The summed E-state index contributed by atoms with van der Waals surface area (Å²) in [5.74, 6) is -0.407. The molecule has 1 aliphatic carbocycles. The summed E-state index contributed by atoms with van der Waals surface area (Å²) in [7, 11) is -3.81. The normalized spacial score (nSPS) is 21.0. The molecule has 1 aromatic rings. The molecular formula is C20H29F3N2O3S. The van der Waals surface area contributed by atoms with Gasteiger partial charge in [0.25, 0.3) is 0 Å². The second-order valence-corrected chi connectivity index (χ2v) is 10.7. The fourth-order valence-electron chi connectivity index (χ4n) is 3.37. The van der Waals surface area contributed by atoms with Gasteiger partial charge >= 0.3 is 6.18 Å². The maximum Gasteiger partial charge on any atom is 0.416 e. The number of sulfone groups is 1. The van der Waals surface area contributed by atoms with E-state index in [-0.39, 0.29) is 40.6 Å². The van der Waals surface area contributed by atoms with Crippen molar-refractivity contribution in [2.45, 2.75) is 69.1 Å². The average molecular weight is 435 g/mol. The Balaban J connectivity index is 1.88. The number of benzene rings is 1. The summed E-state index contributed by atoms with van der Waals surface area (Å²) < 4.78 is 63.7. The first kappa shape index (κ1) is 23.7. The molecule has 0 saturated heterocycles. The molecule has 0 spiro atoms. The van der Waals surface area contributed by atoms with Crippen molar-refractivity contribution < 1.29 is 26.4 Å². The van der Waals surface area contributed by atoms with Crippen molar-refractivity contribution in [2.24, 2.45) is 5.92 Å². The molecule has 0 bridgehead atoms. The topological polar surface area (TPSA) is 75.3 Å². The number of halogens is 3. The first-order valence-electron chi connectivity index (χ1n) is 9.71. The molecule has 1 amide bonds. The summed E-state index contributed by atoms with van der Waals surface area (Å²) >= 11 is 0. The average Bonchev–Trinajstić information content (AvgIpc) is 2.60. The van der Waals surface area contributed by atoms with E-state index in [1.54, 1.807) is 0 Å². The molecule has 0 atom stereocenters. The van der Waals surface area contributed by atoms with E-state index in [1.165, 1.54) is 6.07 Å². The molecule has 2 rings (SSSR count). The van der Waals surface area contributed by atoms with Crippen LogP contribution in [0, 0.1) is 5.92 Å². The van der Waals surface area contributed by atoms with Gasteiger partial charge in [0.2, 0.25) is 5.91 Å². The molecule has 29 heavy (non-hydrogen) atoms. The van der Waals surface area contributed by atoms with Crippen molar-refractivity contribution in [3.05, 3.63) is 29.8 Å². The van der Waals surface area contributed by atoms with Crippen LogP contribution in [0.1, 0.15) is 52.0 Å². The molecule has 0 unspecified atom stereocenters. The second-order valence-electron chi connectivity index (χ2n) is 8.70. The van der Waals surface area contributed by atoms with Crippen LogP contribution in [0.25, 0.3) is 0 Å². The van der Waals surface area contributed by atoms with Gasteiger partial charge in [0.1, 0.15) is 0 Å². The van der Waals surface area contributed by atoms with Crippen LogP contribution in [0.2, 0.25) is 0 Å². The van der Waals surface area contributed by atoms with E-state index >= 15 is 0 Å².